The number of thiophene rings is 1. The minimum atomic E-state index is -1.08. The van der Waals surface area contributed by atoms with Gasteiger partial charge in [-0.15, -0.1) is 11.3 Å². The molecular weight excluding hydrogens is 330 g/mol. The minimum Gasteiger partial charge on any atom is -0.479 e. The first-order valence-corrected chi connectivity index (χ1v) is 7.08. The molecule has 98 valence electrons. The molecule has 6 heteroatoms. The summed E-state index contributed by atoms with van der Waals surface area (Å²) < 4.78 is 0.628. The molecule has 0 aliphatic heterocycles. The van der Waals surface area contributed by atoms with E-state index in [4.69, 9.17) is 0 Å². The SMILES string of the molecule is O=C(NC(C(=O)O)c1cccs1)c1ccccc1Br. The van der Waals surface area contributed by atoms with Gasteiger partial charge < -0.3 is 10.4 Å². The molecule has 1 aromatic heterocycles. The van der Waals surface area contributed by atoms with Crippen LogP contribution in [0.25, 0.3) is 0 Å². The van der Waals surface area contributed by atoms with Crippen LogP contribution in [-0.4, -0.2) is 17.0 Å². The molecule has 1 unspecified atom stereocenters. The van der Waals surface area contributed by atoms with Crippen molar-refractivity contribution in [2.75, 3.05) is 0 Å². The number of benzene rings is 1. The summed E-state index contributed by atoms with van der Waals surface area (Å²) >= 11 is 4.56. The van der Waals surface area contributed by atoms with Gasteiger partial charge in [-0.1, -0.05) is 18.2 Å². The molecule has 0 aliphatic carbocycles. The number of hydrogen-bond donors (Lipinski definition) is 2. The Bertz CT molecular complexity index is 598. The molecule has 1 amide bonds. The molecule has 0 fully saturated rings. The molecule has 0 saturated heterocycles. The number of nitrogens with one attached hydrogen (secondary N) is 1. The fourth-order valence-corrected chi connectivity index (χ4v) is 2.80. The molecule has 0 saturated carbocycles. The first-order valence-electron chi connectivity index (χ1n) is 5.41. The molecule has 0 bridgehead atoms. The summed E-state index contributed by atoms with van der Waals surface area (Å²) in [7, 11) is 0. The molecule has 0 radical (unpaired) electrons. The summed E-state index contributed by atoms with van der Waals surface area (Å²) in [6.45, 7) is 0. The Labute approximate surface area is 122 Å². The Hall–Kier alpha value is -1.66. The predicted molar refractivity (Wildman–Crippen MR) is 76.3 cm³/mol. The van der Waals surface area contributed by atoms with E-state index in [9.17, 15) is 14.7 Å². The van der Waals surface area contributed by atoms with Crippen LogP contribution in [0.1, 0.15) is 21.3 Å². The van der Waals surface area contributed by atoms with Crippen LogP contribution in [0.5, 0.6) is 0 Å². The zero-order valence-electron chi connectivity index (χ0n) is 9.67. The molecule has 19 heavy (non-hydrogen) atoms. The van der Waals surface area contributed by atoms with Gasteiger partial charge in [0.15, 0.2) is 6.04 Å². The third-order valence-electron chi connectivity index (χ3n) is 2.47. The fraction of sp³-hybridized carbons (Fsp3) is 0.0769. The molecule has 2 N–H and O–H groups in total. The highest BCUT2D eigenvalue weighted by Crippen LogP contribution is 2.21. The van der Waals surface area contributed by atoms with E-state index in [1.165, 1.54) is 11.3 Å². The molecule has 0 spiro atoms. The Kier molecular flexibility index (Phi) is 4.34. The van der Waals surface area contributed by atoms with Crippen molar-refractivity contribution in [3.8, 4) is 0 Å². The van der Waals surface area contributed by atoms with Crippen molar-refractivity contribution >= 4 is 39.1 Å². The molecule has 2 aromatic rings. The van der Waals surface area contributed by atoms with E-state index >= 15 is 0 Å². The molecule has 0 aliphatic rings. The summed E-state index contributed by atoms with van der Waals surface area (Å²) in [5.41, 5.74) is 0.408. The van der Waals surface area contributed by atoms with Gasteiger partial charge in [-0.25, -0.2) is 4.79 Å². The lowest BCUT2D eigenvalue weighted by atomic mass is 10.2. The maximum absolute atomic E-state index is 12.1. The number of hydrogen-bond acceptors (Lipinski definition) is 3. The standard InChI is InChI=1S/C13H10BrNO3S/c14-9-5-2-1-4-8(9)12(16)15-11(13(17)18)10-6-3-7-19-10/h1-7,11H,(H,15,16)(H,17,18). The Morgan fingerprint density at radius 3 is 2.53 bits per heavy atom. The molecule has 4 nitrogen and oxygen atoms in total. The highest BCUT2D eigenvalue weighted by atomic mass is 79.9. The van der Waals surface area contributed by atoms with Crippen molar-refractivity contribution in [3.63, 3.8) is 0 Å². The first kappa shape index (κ1) is 13.8. The van der Waals surface area contributed by atoms with Crippen LogP contribution in [-0.2, 0) is 4.79 Å². The number of carboxylic acids is 1. The van der Waals surface area contributed by atoms with E-state index in [1.54, 1.807) is 41.8 Å². The first-order chi connectivity index (χ1) is 9.09. The quantitative estimate of drug-likeness (QED) is 0.899. The molecule has 1 aromatic carbocycles. The third kappa shape index (κ3) is 3.21. The summed E-state index contributed by atoms with van der Waals surface area (Å²) in [4.78, 5) is 23.9. The van der Waals surface area contributed by atoms with E-state index in [0.29, 0.717) is 14.9 Å². The van der Waals surface area contributed by atoms with Crippen LogP contribution in [0.4, 0.5) is 0 Å². The van der Waals surface area contributed by atoms with Gasteiger partial charge in [0.2, 0.25) is 0 Å². The van der Waals surface area contributed by atoms with Crippen LogP contribution < -0.4 is 5.32 Å². The molecule has 1 atom stereocenters. The lowest BCUT2D eigenvalue weighted by Crippen LogP contribution is -2.33. The van der Waals surface area contributed by atoms with Gasteiger partial charge in [0.05, 0.1) is 5.56 Å². The fourth-order valence-electron chi connectivity index (χ4n) is 1.56. The van der Waals surface area contributed by atoms with Crippen molar-refractivity contribution in [3.05, 3.63) is 56.7 Å². The van der Waals surface area contributed by atoms with Crippen LogP contribution in [0, 0.1) is 0 Å². The van der Waals surface area contributed by atoms with Crippen LogP contribution in [0.15, 0.2) is 46.3 Å². The van der Waals surface area contributed by atoms with E-state index < -0.39 is 17.9 Å². The number of carbonyl (C=O) groups excluding carboxylic acids is 1. The number of amides is 1. The number of carbonyl (C=O) groups is 2. The predicted octanol–water partition coefficient (Wildman–Crippen LogP) is 3.07. The van der Waals surface area contributed by atoms with Crippen molar-refractivity contribution in [2.45, 2.75) is 6.04 Å². The van der Waals surface area contributed by atoms with Gasteiger partial charge in [0.1, 0.15) is 0 Å². The van der Waals surface area contributed by atoms with Crippen LogP contribution >= 0.6 is 27.3 Å². The summed E-state index contributed by atoms with van der Waals surface area (Å²) in [5, 5.41) is 13.5. The average molecular weight is 340 g/mol. The van der Waals surface area contributed by atoms with E-state index in [2.05, 4.69) is 21.2 Å². The highest BCUT2D eigenvalue weighted by molar-refractivity contribution is 9.10. The zero-order valence-corrected chi connectivity index (χ0v) is 12.1. The van der Waals surface area contributed by atoms with Gasteiger partial charge in [-0.05, 0) is 39.5 Å². The maximum atomic E-state index is 12.1. The smallest absolute Gasteiger partial charge is 0.331 e. The minimum absolute atomic E-state index is 0.408. The van der Waals surface area contributed by atoms with Gasteiger partial charge in [0.25, 0.3) is 5.91 Å². The second-order valence-electron chi connectivity index (χ2n) is 3.74. The highest BCUT2D eigenvalue weighted by Gasteiger charge is 2.24. The number of rotatable bonds is 4. The van der Waals surface area contributed by atoms with E-state index in [1.807, 2.05) is 0 Å². The largest absolute Gasteiger partial charge is 0.479 e. The third-order valence-corrected chi connectivity index (χ3v) is 4.10. The molecular formula is C13H10BrNO3S. The lowest BCUT2D eigenvalue weighted by Gasteiger charge is -2.13. The molecule has 1 heterocycles. The van der Waals surface area contributed by atoms with Crippen molar-refractivity contribution in [1.29, 1.82) is 0 Å². The van der Waals surface area contributed by atoms with Crippen LogP contribution in [0.3, 0.4) is 0 Å². The Morgan fingerprint density at radius 2 is 1.95 bits per heavy atom. The summed E-state index contributed by atoms with van der Waals surface area (Å²) in [6.07, 6.45) is 0. The van der Waals surface area contributed by atoms with Crippen molar-refractivity contribution < 1.29 is 14.7 Å². The normalized spacial score (nSPS) is 11.8. The summed E-state index contributed by atoms with van der Waals surface area (Å²) in [5.74, 6) is -1.50. The lowest BCUT2D eigenvalue weighted by molar-refractivity contribution is -0.139. The van der Waals surface area contributed by atoms with Crippen LogP contribution in [0.2, 0.25) is 0 Å². The van der Waals surface area contributed by atoms with Crippen molar-refractivity contribution in [1.82, 2.24) is 5.32 Å². The second kappa shape index (κ2) is 5.99. The zero-order chi connectivity index (χ0) is 13.8. The number of aliphatic carboxylic acids is 1. The van der Waals surface area contributed by atoms with Crippen molar-refractivity contribution in [2.24, 2.45) is 0 Å². The average Bonchev–Trinajstić information content (AvgIpc) is 2.89. The summed E-state index contributed by atoms with van der Waals surface area (Å²) in [6, 6.07) is 9.28. The van der Waals surface area contributed by atoms with E-state index in [-0.39, 0.29) is 0 Å². The topological polar surface area (TPSA) is 66.4 Å². The molecule has 2 rings (SSSR count). The van der Waals surface area contributed by atoms with Gasteiger partial charge in [-0.2, -0.15) is 0 Å². The van der Waals surface area contributed by atoms with E-state index in [0.717, 1.165) is 0 Å². The van der Waals surface area contributed by atoms with Gasteiger partial charge in [0, 0.05) is 9.35 Å². The monoisotopic (exact) mass is 339 g/mol. The maximum Gasteiger partial charge on any atom is 0.331 e. The van der Waals surface area contributed by atoms with Gasteiger partial charge >= 0.3 is 5.97 Å². The number of halogens is 1. The second-order valence-corrected chi connectivity index (χ2v) is 5.57. The Balaban J connectivity index is 2.21. The van der Waals surface area contributed by atoms with Gasteiger partial charge in [-0.3, -0.25) is 4.79 Å². The Morgan fingerprint density at radius 1 is 1.21 bits per heavy atom. The number of carboxylic acid groups (broad SMARTS) is 1.